The molecule has 0 bridgehead atoms. The van der Waals surface area contributed by atoms with Gasteiger partial charge in [0.2, 0.25) is 0 Å². The smallest absolute Gasteiger partial charge is 0.0367 e. The third kappa shape index (κ3) is 4.71. The van der Waals surface area contributed by atoms with Crippen LogP contribution in [0.1, 0.15) is 30.9 Å². The second kappa shape index (κ2) is 9.28. The summed E-state index contributed by atoms with van der Waals surface area (Å²) in [5.74, 6) is 0. The molecule has 1 saturated heterocycles. The Kier molecular flexibility index (Phi) is 6.31. The van der Waals surface area contributed by atoms with Gasteiger partial charge in [0.1, 0.15) is 0 Å². The summed E-state index contributed by atoms with van der Waals surface area (Å²) >= 11 is 0. The van der Waals surface area contributed by atoms with E-state index in [4.69, 9.17) is 0 Å². The van der Waals surface area contributed by atoms with Gasteiger partial charge in [-0.15, -0.1) is 0 Å². The maximum Gasteiger partial charge on any atom is 0.0367 e. The van der Waals surface area contributed by atoms with Gasteiger partial charge in [-0.1, -0.05) is 85.8 Å². The van der Waals surface area contributed by atoms with E-state index in [0.29, 0.717) is 0 Å². The molecule has 29 heavy (non-hydrogen) atoms. The zero-order valence-corrected chi connectivity index (χ0v) is 17.5. The zero-order valence-electron chi connectivity index (χ0n) is 17.5. The van der Waals surface area contributed by atoms with Gasteiger partial charge in [0, 0.05) is 37.3 Å². The van der Waals surface area contributed by atoms with Gasteiger partial charge in [0.05, 0.1) is 0 Å². The molecule has 3 aromatic carbocycles. The van der Waals surface area contributed by atoms with E-state index in [0.717, 1.165) is 26.2 Å². The van der Waals surface area contributed by atoms with Crippen molar-refractivity contribution < 1.29 is 0 Å². The largest absolute Gasteiger partial charge is 0.369 e. The molecule has 0 atom stereocenters. The van der Waals surface area contributed by atoms with Crippen LogP contribution < -0.4 is 4.90 Å². The molecule has 3 aromatic rings. The van der Waals surface area contributed by atoms with Crippen molar-refractivity contribution in [1.29, 1.82) is 0 Å². The second-order valence-corrected chi connectivity index (χ2v) is 8.33. The van der Waals surface area contributed by atoms with E-state index in [-0.39, 0.29) is 5.41 Å². The number of piperazine rings is 1. The number of hydrogen-bond acceptors (Lipinski definition) is 2. The van der Waals surface area contributed by atoms with Crippen molar-refractivity contribution in [1.82, 2.24) is 4.90 Å². The molecule has 1 aliphatic heterocycles. The summed E-state index contributed by atoms with van der Waals surface area (Å²) < 4.78 is 0. The Bertz CT molecular complexity index is 813. The lowest BCUT2D eigenvalue weighted by Crippen LogP contribution is -2.46. The molecular formula is C27H32N2. The topological polar surface area (TPSA) is 6.48 Å². The fourth-order valence-electron chi connectivity index (χ4n) is 4.59. The van der Waals surface area contributed by atoms with Gasteiger partial charge < -0.3 is 4.90 Å². The Labute approximate surface area is 175 Å². The molecule has 0 amide bonds. The highest BCUT2D eigenvalue weighted by Gasteiger charge is 2.28. The molecule has 1 fully saturated rings. The Balaban J connectivity index is 1.36. The molecule has 1 aliphatic rings. The molecule has 1 heterocycles. The predicted octanol–water partition coefficient (Wildman–Crippen LogP) is 5.60. The van der Waals surface area contributed by atoms with Gasteiger partial charge in [-0.2, -0.15) is 0 Å². The van der Waals surface area contributed by atoms with E-state index in [1.54, 1.807) is 0 Å². The summed E-state index contributed by atoms with van der Waals surface area (Å²) in [7, 11) is 0. The lowest BCUT2D eigenvalue weighted by Gasteiger charge is -2.37. The first-order valence-corrected chi connectivity index (χ1v) is 10.9. The minimum atomic E-state index is 0.0639. The molecule has 0 aromatic heterocycles. The average Bonchev–Trinajstić information content (AvgIpc) is 2.81. The van der Waals surface area contributed by atoms with E-state index in [1.165, 1.54) is 36.2 Å². The standard InChI is InChI=1S/C27H32N2/c1-27(24-12-5-2-6-13-24,25-14-7-3-8-15-25)18-11-19-28-20-22-29(23-21-28)26-16-9-4-10-17-26/h2-10,12-17H,11,18-23H2,1H3. The van der Waals surface area contributed by atoms with Crippen LogP contribution in [-0.2, 0) is 5.41 Å². The lowest BCUT2D eigenvalue weighted by molar-refractivity contribution is 0.247. The van der Waals surface area contributed by atoms with Gasteiger partial charge in [-0.05, 0) is 42.6 Å². The SMILES string of the molecule is CC(CCCN1CCN(c2ccccc2)CC1)(c1ccccc1)c1ccccc1. The van der Waals surface area contributed by atoms with E-state index >= 15 is 0 Å². The monoisotopic (exact) mass is 384 g/mol. The highest BCUT2D eigenvalue weighted by molar-refractivity contribution is 5.46. The quantitative estimate of drug-likeness (QED) is 0.523. The Morgan fingerprint density at radius 2 is 1.14 bits per heavy atom. The van der Waals surface area contributed by atoms with Gasteiger partial charge in [0.15, 0.2) is 0 Å². The van der Waals surface area contributed by atoms with Crippen molar-refractivity contribution in [3.8, 4) is 0 Å². The third-order valence-corrected chi connectivity index (χ3v) is 6.47. The highest BCUT2D eigenvalue weighted by Crippen LogP contribution is 2.36. The third-order valence-electron chi connectivity index (χ3n) is 6.47. The molecule has 0 N–H and O–H groups in total. The van der Waals surface area contributed by atoms with Gasteiger partial charge in [-0.3, -0.25) is 4.90 Å². The van der Waals surface area contributed by atoms with Crippen LogP contribution in [0.5, 0.6) is 0 Å². The summed E-state index contributed by atoms with van der Waals surface area (Å²) in [4.78, 5) is 5.14. The van der Waals surface area contributed by atoms with Crippen molar-refractivity contribution in [2.45, 2.75) is 25.2 Å². The van der Waals surface area contributed by atoms with Gasteiger partial charge in [-0.25, -0.2) is 0 Å². The molecule has 2 nitrogen and oxygen atoms in total. The van der Waals surface area contributed by atoms with Crippen LogP contribution in [0.25, 0.3) is 0 Å². The lowest BCUT2D eigenvalue weighted by atomic mass is 9.73. The van der Waals surface area contributed by atoms with Crippen LogP contribution in [0.4, 0.5) is 5.69 Å². The summed E-state index contributed by atoms with van der Waals surface area (Å²) in [6, 6.07) is 32.8. The molecule has 0 saturated carbocycles. The number of anilines is 1. The molecule has 150 valence electrons. The highest BCUT2D eigenvalue weighted by atomic mass is 15.3. The fourth-order valence-corrected chi connectivity index (χ4v) is 4.59. The number of hydrogen-bond donors (Lipinski definition) is 0. The minimum Gasteiger partial charge on any atom is -0.369 e. The summed E-state index contributed by atoms with van der Waals surface area (Å²) in [6.45, 7) is 8.14. The van der Waals surface area contributed by atoms with Crippen molar-refractivity contribution in [2.75, 3.05) is 37.6 Å². The van der Waals surface area contributed by atoms with Crippen molar-refractivity contribution in [2.24, 2.45) is 0 Å². The van der Waals surface area contributed by atoms with Crippen LogP contribution in [0.15, 0.2) is 91.0 Å². The first-order chi connectivity index (χ1) is 14.3. The predicted molar refractivity (Wildman–Crippen MR) is 124 cm³/mol. The minimum absolute atomic E-state index is 0.0639. The van der Waals surface area contributed by atoms with Gasteiger partial charge in [0.25, 0.3) is 0 Å². The van der Waals surface area contributed by atoms with Crippen LogP contribution in [0, 0.1) is 0 Å². The van der Waals surface area contributed by atoms with E-state index in [1.807, 2.05) is 0 Å². The van der Waals surface area contributed by atoms with Crippen LogP contribution in [-0.4, -0.2) is 37.6 Å². The molecule has 0 aliphatic carbocycles. The summed E-state index contributed by atoms with van der Waals surface area (Å²) in [5, 5.41) is 0. The van der Waals surface area contributed by atoms with Crippen LogP contribution in [0.3, 0.4) is 0 Å². The first kappa shape index (κ1) is 19.7. The van der Waals surface area contributed by atoms with E-state index < -0.39 is 0 Å². The van der Waals surface area contributed by atoms with Gasteiger partial charge >= 0.3 is 0 Å². The van der Waals surface area contributed by atoms with E-state index in [2.05, 4.69) is 108 Å². The van der Waals surface area contributed by atoms with Crippen molar-refractivity contribution >= 4 is 5.69 Å². The van der Waals surface area contributed by atoms with E-state index in [9.17, 15) is 0 Å². The summed E-state index contributed by atoms with van der Waals surface area (Å²) in [5.41, 5.74) is 4.25. The number of benzene rings is 3. The summed E-state index contributed by atoms with van der Waals surface area (Å²) in [6.07, 6.45) is 2.38. The number of nitrogens with zero attached hydrogens (tertiary/aromatic N) is 2. The molecule has 0 spiro atoms. The van der Waals surface area contributed by atoms with Crippen molar-refractivity contribution in [3.05, 3.63) is 102 Å². The first-order valence-electron chi connectivity index (χ1n) is 10.9. The molecule has 0 unspecified atom stereocenters. The number of para-hydroxylation sites is 1. The van der Waals surface area contributed by atoms with Crippen LogP contribution >= 0.6 is 0 Å². The molecule has 4 rings (SSSR count). The molecular weight excluding hydrogens is 352 g/mol. The average molecular weight is 385 g/mol. The zero-order chi connectivity index (χ0) is 19.9. The second-order valence-electron chi connectivity index (χ2n) is 8.33. The van der Waals surface area contributed by atoms with Crippen molar-refractivity contribution in [3.63, 3.8) is 0 Å². The molecule has 2 heteroatoms. The Morgan fingerprint density at radius 1 is 0.655 bits per heavy atom. The maximum atomic E-state index is 2.63. The Morgan fingerprint density at radius 3 is 1.66 bits per heavy atom. The molecule has 0 radical (unpaired) electrons. The maximum absolute atomic E-state index is 2.63. The Hall–Kier alpha value is -2.58. The fraction of sp³-hybridized carbons (Fsp3) is 0.333. The van der Waals surface area contributed by atoms with Crippen LogP contribution in [0.2, 0.25) is 0 Å². The number of rotatable bonds is 7. The normalized spacial score (nSPS) is 15.4.